The van der Waals surface area contributed by atoms with Crippen molar-refractivity contribution in [1.82, 2.24) is 14.9 Å². The molecule has 0 aliphatic carbocycles. The van der Waals surface area contributed by atoms with Crippen molar-refractivity contribution in [2.45, 2.75) is 31.3 Å². The van der Waals surface area contributed by atoms with Crippen LogP contribution in [0.4, 0.5) is 0 Å². The van der Waals surface area contributed by atoms with Crippen molar-refractivity contribution >= 4 is 5.91 Å². The van der Waals surface area contributed by atoms with Gasteiger partial charge in [0.05, 0.1) is 18.4 Å². The van der Waals surface area contributed by atoms with Crippen LogP contribution < -0.4 is 0 Å². The quantitative estimate of drug-likeness (QED) is 0.603. The van der Waals surface area contributed by atoms with Gasteiger partial charge in [-0.05, 0) is 24.0 Å². The van der Waals surface area contributed by atoms with Gasteiger partial charge in [-0.2, -0.15) is 0 Å². The largest absolute Gasteiger partial charge is 0.375 e. The minimum Gasteiger partial charge on any atom is -0.375 e. The van der Waals surface area contributed by atoms with Gasteiger partial charge in [-0.1, -0.05) is 60.7 Å². The maximum absolute atomic E-state index is 12.8. The van der Waals surface area contributed by atoms with Gasteiger partial charge in [0.15, 0.2) is 0 Å². The summed E-state index contributed by atoms with van der Waals surface area (Å²) in [6.45, 7) is 1.87. The minimum atomic E-state index is 0.0182. The van der Waals surface area contributed by atoms with Gasteiger partial charge in [0.2, 0.25) is 5.91 Å². The number of carbonyl (C=O) groups excluding carboxylic acids is 1. The molecule has 0 N–H and O–H groups in total. The Kier molecular flexibility index (Phi) is 6.83. The second-order valence-electron chi connectivity index (χ2n) is 7.64. The minimum absolute atomic E-state index is 0.0182. The van der Waals surface area contributed by atoms with E-state index in [0.29, 0.717) is 32.5 Å². The van der Waals surface area contributed by atoms with E-state index in [0.717, 1.165) is 12.1 Å². The number of carbonyl (C=O) groups is 1. The fourth-order valence-electron chi connectivity index (χ4n) is 4.04. The Balaban J connectivity index is 1.41. The Morgan fingerprint density at radius 3 is 2.37 bits per heavy atom. The Morgan fingerprint density at radius 2 is 1.73 bits per heavy atom. The van der Waals surface area contributed by atoms with E-state index in [-0.39, 0.29) is 17.9 Å². The molecular weight excluding hydrogens is 374 g/mol. The maximum atomic E-state index is 12.8. The number of benzene rings is 2. The molecule has 2 aromatic carbocycles. The molecule has 4 rings (SSSR count). The van der Waals surface area contributed by atoms with Crippen molar-refractivity contribution in [2.24, 2.45) is 0 Å². The van der Waals surface area contributed by atoms with Crippen LogP contribution in [-0.4, -0.2) is 46.6 Å². The summed E-state index contributed by atoms with van der Waals surface area (Å²) < 4.78 is 6.08. The highest BCUT2D eigenvalue weighted by Gasteiger charge is 2.27. The van der Waals surface area contributed by atoms with Crippen LogP contribution in [0.5, 0.6) is 0 Å². The summed E-state index contributed by atoms with van der Waals surface area (Å²) in [5.41, 5.74) is 3.40. The molecule has 1 amide bonds. The van der Waals surface area contributed by atoms with E-state index in [9.17, 15) is 4.79 Å². The molecule has 5 heteroatoms. The number of aromatic nitrogens is 2. The van der Waals surface area contributed by atoms with Crippen LogP contribution in [0, 0.1) is 0 Å². The third-order valence-electron chi connectivity index (χ3n) is 5.61. The molecule has 2 heterocycles. The molecule has 5 nitrogen and oxygen atoms in total. The highest BCUT2D eigenvalue weighted by Crippen LogP contribution is 2.31. The molecule has 0 bridgehead atoms. The van der Waals surface area contributed by atoms with Gasteiger partial charge in [-0.25, -0.2) is 0 Å². The van der Waals surface area contributed by atoms with E-state index in [4.69, 9.17) is 4.74 Å². The number of hydrogen-bond acceptors (Lipinski definition) is 4. The Hall–Kier alpha value is -3.05. The van der Waals surface area contributed by atoms with E-state index < -0.39 is 0 Å². The van der Waals surface area contributed by atoms with Gasteiger partial charge >= 0.3 is 0 Å². The molecular formula is C25H27N3O2. The van der Waals surface area contributed by atoms with Crippen molar-refractivity contribution < 1.29 is 9.53 Å². The molecule has 30 heavy (non-hydrogen) atoms. The topological polar surface area (TPSA) is 55.3 Å². The summed E-state index contributed by atoms with van der Waals surface area (Å²) in [6.07, 6.45) is 6.97. The zero-order valence-electron chi connectivity index (χ0n) is 17.1. The molecule has 1 atom stereocenters. The van der Waals surface area contributed by atoms with Crippen molar-refractivity contribution in [3.63, 3.8) is 0 Å². The van der Waals surface area contributed by atoms with E-state index >= 15 is 0 Å². The van der Waals surface area contributed by atoms with Crippen LogP contribution in [-0.2, 0) is 16.0 Å². The standard InChI is InChI=1S/C25H27N3O2/c29-25(12-11-22-18-26-13-14-27-22)28-15-16-30-23(19-28)17-24(20-7-3-1-4-8-20)21-9-5-2-6-10-21/h1-10,13-14,18,23-24H,11-12,15-17,19H2/t23-/m0/s1. The zero-order chi connectivity index (χ0) is 20.6. The monoisotopic (exact) mass is 401 g/mol. The van der Waals surface area contributed by atoms with Crippen LogP contribution >= 0.6 is 0 Å². The molecule has 1 saturated heterocycles. The van der Waals surface area contributed by atoms with E-state index in [1.165, 1.54) is 11.1 Å². The third kappa shape index (κ3) is 5.30. The van der Waals surface area contributed by atoms with E-state index in [1.54, 1.807) is 18.6 Å². The molecule has 3 aromatic rings. The average molecular weight is 402 g/mol. The second kappa shape index (κ2) is 10.1. The fraction of sp³-hybridized carbons (Fsp3) is 0.320. The molecule has 1 aromatic heterocycles. The molecule has 1 aliphatic heterocycles. The van der Waals surface area contributed by atoms with Crippen LogP contribution in [0.15, 0.2) is 79.3 Å². The predicted molar refractivity (Wildman–Crippen MR) is 116 cm³/mol. The van der Waals surface area contributed by atoms with Crippen LogP contribution in [0.1, 0.15) is 35.6 Å². The number of nitrogens with zero attached hydrogens (tertiary/aromatic N) is 3. The van der Waals surface area contributed by atoms with Gasteiger partial charge in [-0.15, -0.1) is 0 Å². The predicted octanol–water partition coefficient (Wildman–Crippen LogP) is 3.86. The Morgan fingerprint density at radius 1 is 1.03 bits per heavy atom. The first-order valence-corrected chi connectivity index (χ1v) is 10.5. The van der Waals surface area contributed by atoms with Crippen LogP contribution in [0.25, 0.3) is 0 Å². The number of rotatable bonds is 7. The first-order chi connectivity index (χ1) is 14.8. The number of morpholine rings is 1. The summed E-state index contributed by atoms with van der Waals surface area (Å²) in [5.74, 6) is 0.400. The van der Waals surface area contributed by atoms with Crippen LogP contribution in [0.2, 0.25) is 0 Å². The third-order valence-corrected chi connectivity index (χ3v) is 5.61. The lowest BCUT2D eigenvalue weighted by molar-refractivity contribution is -0.139. The summed E-state index contributed by atoms with van der Waals surface area (Å²) in [4.78, 5) is 23.0. The normalized spacial score (nSPS) is 16.6. The molecule has 0 spiro atoms. The summed E-state index contributed by atoms with van der Waals surface area (Å²) in [5, 5.41) is 0. The summed E-state index contributed by atoms with van der Waals surface area (Å²) >= 11 is 0. The maximum Gasteiger partial charge on any atom is 0.223 e. The highest BCUT2D eigenvalue weighted by atomic mass is 16.5. The number of aryl methyl sites for hydroxylation is 1. The summed E-state index contributed by atoms with van der Waals surface area (Å²) in [6, 6.07) is 21.1. The first-order valence-electron chi connectivity index (χ1n) is 10.5. The van der Waals surface area contributed by atoms with Gasteiger partial charge in [0.1, 0.15) is 0 Å². The Labute approximate surface area is 177 Å². The first kappa shape index (κ1) is 20.2. The van der Waals surface area contributed by atoms with Gasteiger partial charge < -0.3 is 9.64 Å². The van der Waals surface area contributed by atoms with E-state index in [2.05, 4.69) is 58.5 Å². The lowest BCUT2D eigenvalue weighted by Gasteiger charge is -2.35. The van der Waals surface area contributed by atoms with Gasteiger partial charge in [0.25, 0.3) is 0 Å². The fourth-order valence-corrected chi connectivity index (χ4v) is 4.04. The zero-order valence-corrected chi connectivity index (χ0v) is 17.1. The van der Waals surface area contributed by atoms with Gasteiger partial charge in [-0.3, -0.25) is 14.8 Å². The van der Waals surface area contributed by atoms with E-state index in [1.807, 2.05) is 17.0 Å². The van der Waals surface area contributed by atoms with Crippen molar-refractivity contribution in [1.29, 1.82) is 0 Å². The number of ether oxygens (including phenoxy) is 1. The number of amides is 1. The van der Waals surface area contributed by atoms with Crippen molar-refractivity contribution in [3.8, 4) is 0 Å². The molecule has 1 fully saturated rings. The van der Waals surface area contributed by atoms with Crippen molar-refractivity contribution in [3.05, 3.63) is 96.1 Å². The smallest absolute Gasteiger partial charge is 0.223 e. The van der Waals surface area contributed by atoms with Gasteiger partial charge in [0, 0.05) is 44.0 Å². The Bertz CT molecular complexity index is 879. The second-order valence-corrected chi connectivity index (χ2v) is 7.64. The molecule has 0 unspecified atom stereocenters. The molecule has 0 radical (unpaired) electrons. The van der Waals surface area contributed by atoms with Crippen molar-refractivity contribution in [2.75, 3.05) is 19.7 Å². The highest BCUT2D eigenvalue weighted by molar-refractivity contribution is 5.76. The molecule has 154 valence electrons. The SMILES string of the molecule is O=C(CCc1cnccn1)N1CCO[C@@H](CC(c2ccccc2)c2ccccc2)C1. The lowest BCUT2D eigenvalue weighted by Crippen LogP contribution is -2.46. The number of hydrogen-bond donors (Lipinski definition) is 0. The summed E-state index contributed by atoms with van der Waals surface area (Å²) in [7, 11) is 0. The average Bonchev–Trinajstić information content (AvgIpc) is 2.83. The van der Waals surface area contributed by atoms with Crippen LogP contribution in [0.3, 0.4) is 0 Å². The lowest BCUT2D eigenvalue weighted by atomic mass is 9.86. The molecule has 1 aliphatic rings. The molecule has 0 saturated carbocycles.